The van der Waals surface area contributed by atoms with Crippen molar-refractivity contribution in [1.82, 2.24) is 0 Å². The highest BCUT2D eigenvalue weighted by Crippen LogP contribution is 2.25. The van der Waals surface area contributed by atoms with E-state index in [0.717, 1.165) is 0 Å². The summed E-state index contributed by atoms with van der Waals surface area (Å²) >= 11 is 0. The average Bonchev–Trinajstić information content (AvgIpc) is 2.32. The Bertz CT molecular complexity index is 536. The first-order valence-corrected chi connectivity index (χ1v) is 4.91. The van der Waals surface area contributed by atoms with Gasteiger partial charge in [-0.3, -0.25) is 9.59 Å². The second-order valence-electron chi connectivity index (χ2n) is 3.47. The van der Waals surface area contributed by atoms with Crippen LogP contribution in [0.25, 0.3) is 0 Å². The monoisotopic (exact) mass is 214 g/mol. The summed E-state index contributed by atoms with van der Waals surface area (Å²) in [5, 5.41) is 9.64. The van der Waals surface area contributed by atoms with Crippen LogP contribution in [0.2, 0.25) is 0 Å². The number of ketones is 2. The lowest BCUT2D eigenvalue weighted by molar-refractivity contribution is 0.0932. The van der Waals surface area contributed by atoms with Gasteiger partial charge in [-0.05, 0) is 6.92 Å². The van der Waals surface area contributed by atoms with Crippen LogP contribution < -0.4 is 0 Å². The van der Waals surface area contributed by atoms with Crippen LogP contribution in [0, 0.1) is 0 Å². The number of benzene rings is 1. The molecule has 1 aromatic carbocycles. The third-order valence-corrected chi connectivity index (χ3v) is 2.46. The molecule has 3 nitrogen and oxygen atoms in total. The first kappa shape index (κ1) is 10.4. The van der Waals surface area contributed by atoms with E-state index in [0.29, 0.717) is 5.56 Å². The molecule has 1 aromatic rings. The summed E-state index contributed by atoms with van der Waals surface area (Å²) in [5.41, 5.74) is 0.669. The van der Waals surface area contributed by atoms with Gasteiger partial charge in [-0.25, -0.2) is 0 Å². The highest BCUT2D eigenvalue weighted by Gasteiger charge is 2.30. The largest absolute Gasteiger partial charge is 0.504 e. The van der Waals surface area contributed by atoms with Gasteiger partial charge in [0, 0.05) is 11.1 Å². The molecule has 0 atom stereocenters. The van der Waals surface area contributed by atoms with E-state index >= 15 is 0 Å². The van der Waals surface area contributed by atoms with Crippen molar-refractivity contribution in [3.05, 3.63) is 58.9 Å². The molecular weight excluding hydrogens is 204 g/mol. The predicted octanol–water partition coefficient (Wildman–Crippen LogP) is 2.45. The van der Waals surface area contributed by atoms with E-state index in [1.54, 1.807) is 31.2 Å². The lowest BCUT2D eigenvalue weighted by atomic mass is 9.88. The first-order chi connectivity index (χ1) is 7.66. The molecule has 2 rings (SSSR count). The van der Waals surface area contributed by atoms with Gasteiger partial charge in [0.2, 0.25) is 5.78 Å². The predicted molar refractivity (Wildman–Crippen MR) is 59.6 cm³/mol. The molecule has 0 aromatic heterocycles. The van der Waals surface area contributed by atoms with E-state index in [1.807, 2.05) is 0 Å². The Kier molecular flexibility index (Phi) is 2.44. The van der Waals surface area contributed by atoms with Gasteiger partial charge in [-0.15, -0.1) is 0 Å². The quantitative estimate of drug-likeness (QED) is 0.781. The van der Waals surface area contributed by atoms with Crippen molar-refractivity contribution in [3.8, 4) is 0 Å². The molecule has 1 N–H and O–H groups in total. The molecule has 1 aliphatic rings. The van der Waals surface area contributed by atoms with Gasteiger partial charge in [0.25, 0.3) is 0 Å². The molecule has 0 amide bonds. The van der Waals surface area contributed by atoms with Crippen LogP contribution in [-0.4, -0.2) is 16.7 Å². The highest BCUT2D eigenvalue weighted by molar-refractivity contribution is 6.26. The number of rotatable bonds is 1. The Morgan fingerprint density at radius 2 is 1.62 bits per heavy atom. The molecule has 0 aliphatic heterocycles. The number of aliphatic hydroxyl groups excluding tert-OH is 1. The summed E-state index contributed by atoms with van der Waals surface area (Å²) in [4.78, 5) is 23.7. The second kappa shape index (κ2) is 3.77. The normalized spacial score (nSPS) is 15.8. The Morgan fingerprint density at radius 3 is 2.19 bits per heavy atom. The number of aliphatic hydroxyl groups is 1. The smallest absolute Gasteiger partial charge is 0.228 e. The van der Waals surface area contributed by atoms with Crippen molar-refractivity contribution in [2.75, 3.05) is 0 Å². The molecular formula is C13H10O3. The van der Waals surface area contributed by atoms with Crippen LogP contribution in [0.4, 0.5) is 0 Å². The number of allylic oxidation sites excluding steroid dienone is 4. The molecule has 80 valence electrons. The van der Waals surface area contributed by atoms with Crippen LogP contribution >= 0.6 is 0 Å². The minimum Gasteiger partial charge on any atom is -0.504 e. The fourth-order valence-corrected chi connectivity index (χ4v) is 1.70. The van der Waals surface area contributed by atoms with E-state index in [-0.39, 0.29) is 16.9 Å². The maximum absolute atomic E-state index is 11.9. The Morgan fingerprint density at radius 1 is 1.06 bits per heavy atom. The molecule has 16 heavy (non-hydrogen) atoms. The number of carbonyl (C=O) groups is 2. The van der Waals surface area contributed by atoms with Crippen LogP contribution in [0.1, 0.15) is 27.6 Å². The molecule has 0 saturated carbocycles. The summed E-state index contributed by atoms with van der Waals surface area (Å²) in [7, 11) is 0. The van der Waals surface area contributed by atoms with Crippen LogP contribution in [0.3, 0.4) is 0 Å². The van der Waals surface area contributed by atoms with Gasteiger partial charge >= 0.3 is 0 Å². The Balaban J connectivity index is 2.68. The number of hydrogen-bond donors (Lipinski definition) is 1. The number of fused-ring (bicyclic) bond motifs is 1. The molecule has 0 saturated heterocycles. The van der Waals surface area contributed by atoms with E-state index in [9.17, 15) is 14.7 Å². The number of carbonyl (C=O) groups excluding carboxylic acids is 2. The van der Waals surface area contributed by atoms with Crippen LogP contribution in [0.15, 0.2) is 47.7 Å². The lowest BCUT2D eigenvalue weighted by Gasteiger charge is -2.14. The topological polar surface area (TPSA) is 54.4 Å². The van der Waals surface area contributed by atoms with Gasteiger partial charge in [0.1, 0.15) is 0 Å². The van der Waals surface area contributed by atoms with Crippen LogP contribution in [0.5, 0.6) is 0 Å². The van der Waals surface area contributed by atoms with Crippen molar-refractivity contribution in [1.29, 1.82) is 0 Å². The van der Waals surface area contributed by atoms with Crippen molar-refractivity contribution in [3.63, 3.8) is 0 Å². The zero-order chi connectivity index (χ0) is 11.7. The third kappa shape index (κ3) is 1.37. The maximum atomic E-state index is 11.9. The van der Waals surface area contributed by atoms with Gasteiger partial charge in [-0.2, -0.15) is 0 Å². The molecule has 0 bridgehead atoms. The Hall–Kier alpha value is -2.16. The minimum absolute atomic E-state index is 0.0613. The summed E-state index contributed by atoms with van der Waals surface area (Å²) in [6.07, 6.45) is 3.07. The maximum Gasteiger partial charge on any atom is 0.228 e. The molecule has 0 unspecified atom stereocenters. The molecule has 0 radical (unpaired) electrons. The fourth-order valence-electron chi connectivity index (χ4n) is 1.70. The van der Waals surface area contributed by atoms with E-state index in [1.165, 1.54) is 12.1 Å². The molecule has 0 fully saturated rings. The van der Waals surface area contributed by atoms with Gasteiger partial charge in [0.15, 0.2) is 11.5 Å². The minimum atomic E-state index is -0.497. The zero-order valence-corrected chi connectivity index (χ0v) is 8.73. The number of hydrogen-bond acceptors (Lipinski definition) is 3. The second-order valence-corrected chi connectivity index (χ2v) is 3.47. The van der Waals surface area contributed by atoms with Crippen LogP contribution in [-0.2, 0) is 0 Å². The van der Waals surface area contributed by atoms with Gasteiger partial charge < -0.3 is 5.11 Å². The summed E-state index contributed by atoms with van der Waals surface area (Å²) < 4.78 is 0. The zero-order valence-electron chi connectivity index (χ0n) is 8.73. The van der Waals surface area contributed by atoms with Gasteiger partial charge in [-0.1, -0.05) is 36.4 Å². The standard InChI is InChI=1S/C13H10O3/c1-2-5-10-11(14)8-6-3-4-7-9(8)12(15)13(10)16/h2-7,16H,1H3/b5-2+. The van der Waals surface area contributed by atoms with E-state index in [2.05, 4.69) is 0 Å². The molecule has 0 heterocycles. The van der Waals surface area contributed by atoms with Crippen molar-refractivity contribution in [2.45, 2.75) is 6.92 Å². The highest BCUT2D eigenvalue weighted by atomic mass is 16.3. The van der Waals surface area contributed by atoms with Crippen molar-refractivity contribution in [2.24, 2.45) is 0 Å². The van der Waals surface area contributed by atoms with Crippen molar-refractivity contribution < 1.29 is 14.7 Å². The van der Waals surface area contributed by atoms with Gasteiger partial charge in [0.05, 0.1) is 5.57 Å². The summed E-state index contributed by atoms with van der Waals surface area (Å²) in [6.45, 7) is 1.72. The van der Waals surface area contributed by atoms with Crippen molar-refractivity contribution >= 4 is 11.6 Å². The lowest BCUT2D eigenvalue weighted by Crippen LogP contribution is -2.20. The molecule has 0 spiro atoms. The van der Waals surface area contributed by atoms with E-state index < -0.39 is 11.5 Å². The summed E-state index contributed by atoms with van der Waals surface area (Å²) in [6, 6.07) is 6.49. The SMILES string of the molecule is C/C=C/C1=C(O)C(=O)c2ccccc2C1=O. The molecule has 3 heteroatoms. The Labute approximate surface area is 92.7 Å². The number of Topliss-reactive ketones (excluding diaryl/α,β-unsaturated/α-hetero) is 2. The summed E-state index contributed by atoms with van der Waals surface area (Å²) in [5.74, 6) is -1.28. The average molecular weight is 214 g/mol. The molecule has 1 aliphatic carbocycles. The fraction of sp³-hybridized carbons (Fsp3) is 0.0769. The third-order valence-electron chi connectivity index (χ3n) is 2.46. The first-order valence-electron chi connectivity index (χ1n) is 4.91. The van der Waals surface area contributed by atoms with E-state index in [4.69, 9.17) is 0 Å².